The molecule has 2 atom stereocenters. The van der Waals surface area contributed by atoms with Gasteiger partial charge in [-0.25, -0.2) is 0 Å². The Morgan fingerprint density at radius 1 is 1.00 bits per heavy atom. The van der Waals surface area contributed by atoms with Crippen LogP contribution in [0, 0.1) is 0 Å². The lowest BCUT2D eigenvalue weighted by atomic mass is 9.96. The second-order valence-electron chi connectivity index (χ2n) is 5.73. The van der Waals surface area contributed by atoms with Gasteiger partial charge >= 0.3 is 0 Å². The first-order chi connectivity index (χ1) is 9.65. The summed E-state index contributed by atoms with van der Waals surface area (Å²) in [7, 11) is 0. The molecule has 1 heterocycles. The Morgan fingerprint density at radius 2 is 1.65 bits per heavy atom. The molecule has 0 aliphatic carbocycles. The van der Waals surface area contributed by atoms with Gasteiger partial charge in [0.1, 0.15) is 18.0 Å². The number of aliphatic hydroxyl groups is 1. The smallest absolute Gasteiger partial charge is 0.133 e. The van der Waals surface area contributed by atoms with Crippen molar-refractivity contribution in [2.24, 2.45) is 0 Å². The summed E-state index contributed by atoms with van der Waals surface area (Å²) >= 11 is 0. The Hall–Kier alpha value is -1.80. The minimum atomic E-state index is -0.580. The van der Waals surface area contributed by atoms with Gasteiger partial charge in [0.05, 0.1) is 0 Å². The zero-order valence-electron chi connectivity index (χ0n) is 11.9. The number of aliphatic hydroxyl groups excluding tert-OH is 1. The minimum Gasteiger partial charge on any atom is -0.487 e. The van der Waals surface area contributed by atoms with E-state index in [0.717, 1.165) is 17.7 Å². The van der Waals surface area contributed by atoms with Crippen molar-refractivity contribution in [2.75, 3.05) is 0 Å². The molecule has 2 unspecified atom stereocenters. The second kappa shape index (κ2) is 5.29. The molecular weight excluding hydrogens is 248 g/mol. The first-order valence-corrected chi connectivity index (χ1v) is 7.17. The van der Waals surface area contributed by atoms with Gasteiger partial charge in [0.2, 0.25) is 0 Å². The number of rotatable bonds is 3. The van der Waals surface area contributed by atoms with E-state index in [-0.39, 0.29) is 6.10 Å². The third-order valence-corrected chi connectivity index (χ3v) is 3.97. The van der Waals surface area contributed by atoms with Gasteiger partial charge in [-0.2, -0.15) is 0 Å². The van der Waals surface area contributed by atoms with Crippen LogP contribution in [0.4, 0.5) is 0 Å². The molecule has 0 fully saturated rings. The molecule has 104 valence electrons. The molecule has 20 heavy (non-hydrogen) atoms. The summed E-state index contributed by atoms with van der Waals surface area (Å²) in [6.45, 7) is 4.34. The minimum absolute atomic E-state index is 0.183. The van der Waals surface area contributed by atoms with E-state index >= 15 is 0 Å². The van der Waals surface area contributed by atoms with Crippen molar-refractivity contribution in [3.05, 3.63) is 65.2 Å². The topological polar surface area (TPSA) is 29.5 Å². The van der Waals surface area contributed by atoms with Crippen molar-refractivity contribution >= 4 is 0 Å². The fourth-order valence-corrected chi connectivity index (χ4v) is 2.68. The number of ether oxygens (including phenoxy) is 1. The van der Waals surface area contributed by atoms with Crippen molar-refractivity contribution < 1.29 is 9.84 Å². The van der Waals surface area contributed by atoms with Crippen molar-refractivity contribution in [1.29, 1.82) is 0 Å². The molecular formula is C18H20O2. The lowest BCUT2D eigenvalue weighted by Gasteiger charge is -2.19. The second-order valence-corrected chi connectivity index (χ2v) is 5.73. The van der Waals surface area contributed by atoms with Crippen molar-refractivity contribution in [3.63, 3.8) is 0 Å². The van der Waals surface area contributed by atoms with Gasteiger partial charge in [0.25, 0.3) is 0 Å². The van der Waals surface area contributed by atoms with E-state index in [1.807, 2.05) is 30.3 Å². The maximum atomic E-state index is 10.5. The highest BCUT2D eigenvalue weighted by molar-refractivity contribution is 5.38. The quantitative estimate of drug-likeness (QED) is 0.916. The molecule has 1 aliphatic rings. The molecule has 3 rings (SSSR count). The van der Waals surface area contributed by atoms with E-state index in [1.165, 1.54) is 11.1 Å². The van der Waals surface area contributed by atoms with Crippen LogP contribution in [0.3, 0.4) is 0 Å². The number of hydrogen-bond acceptors (Lipinski definition) is 2. The molecule has 2 heteroatoms. The number of fused-ring (bicyclic) bond motifs is 1. The summed E-state index contributed by atoms with van der Waals surface area (Å²) in [5.74, 6) is 1.41. The molecule has 0 saturated heterocycles. The van der Waals surface area contributed by atoms with Crippen molar-refractivity contribution in [2.45, 2.75) is 38.4 Å². The molecule has 1 N–H and O–H groups in total. The standard InChI is InChI=1S/C18H20O2/c1-12(2)13-7-9-14(10-8-13)18(19)17-11-15-5-3-4-6-16(15)20-17/h3-10,12,17-19H,11H2,1-2H3. The highest BCUT2D eigenvalue weighted by Crippen LogP contribution is 2.34. The first-order valence-electron chi connectivity index (χ1n) is 7.17. The lowest BCUT2D eigenvalue weighted by Crippen LogP contribution is -2.23. The SMILES string of the molecule is CC(C)c1ccc(C(O)C2Cc3ccccc3O2)cc1. The summed E-state index contributed by atoms with van der Waals surface area (Å²) in [6, 6.07) is 16.2. The molecule has 2 aromatic rings. The molecule has 0 radical (unpaired) electrons. The Balaban J connectivity index is 1.76. The van der Waals surface area contributed by atoms with Gasteiger partial charge < -0.3 is 9.84 Å². The molecule has 0 spiro atoms. The van der Waals surface area contributed by atoms with E-state index in [2.05, 4.69) is 32.0 Å². The van der Waals surface area contributed by atoms with Crippen LogP contribution in [-0.2, 0) is 6.42 Å². The summed E-state index contributed by atoms with van der Waals surface area (Å²) in [5, 5.41) is 10.5. The number of para-hydroxylation sites is 1. The zero-order chi connectivity index (χ0) is 14.1. The molecule has 2 aromatic carbocycles. The molecule has 0 amide bonds. The lowest BCUT2D eigenvalue weighted by molar-refractivity contribution is 0.0492. The third-order valence-electron chi connectivity index (χ3n) is 3.97. The fraction of sp³-hybridized carbons (Fsp3) is 0.333. The molecule has 1 aliphatic heterocycles. The van der Waals surface area contributed by atoms with Crippen LogP contribution >= 0.6 is 0 Å². The van der Waals surface area contributed by atoms with E-state index in [4.69, 9.17) is 4.74 Å². The Labute approximate surface area is 120 Å². The van der Waals surface area contributed by atoms with E-state index in [9.17, 15) is 5.11 Å². The highest BCUT2D eigenvalue weighted by atomic mass is 16.5. The summed E-state index contributed by atoms with van der Waals surface area (Å²) in [4.78, 5) is 0. The normalized spacial score (nSPS) is 18.7. The average Bonchev–Trinajstić information content (AvgIpc) is 2.90. The zero-order valence-corrected chi connectivity index (χ0v) is 11.9. The van der Waals surface area contributed by atoms with Gasteiger partial charge in [0.15, 0.2) is 0 Å². The highest BCUT2D eigenvalue weighted by Gasteiger charge is 2.29. The predicted octanol–water partition coefficient (Wildman–Crippen LogP) is 3.85. The van der Waals surface area contributed by atoms with E-state index < -0.39 is 6.10 Å². The Kier molecular flexibility index (Phi) is 3.49. The fourth-order valence-electron chi connectivity index (χ4n) is 2.68. The number of benzene rings is 2. The van der Waals surface area contributed by atoms with Gasteiger partial charge in [0, 0.05) is 6.42 Å². The molecule has 2 nitrogen and oxygen atoms in total. The van der Waals surface area contributed by atoms with Crippen LogP contribution in [0.5, 0.6) is 5.75 Å². The van der Waals surface area contributed by atoms with Gasteiger partial charge in [-0.3, -0.25) is 0 Å². The molecule has 0 bridgehead atoms. The summed E-state index contributed by atoms with van der Waals surface area (Å²) in [6.07, 6.45) is 0.00409. The predicted molar refractivity (Wildman–Crippen MR) is 80.1 cm³/mol. The van der Waals surface area contributed by atoms with E-state index in [1.54, 1.807) is 0 Å². The summed E-state index contributed by atoms with van der Waals surface area (Å²) < 4.78 is 5.85. The van der Waals surface area contributed by atoms with Crippen LogP contribution in [0.25, 0.3) is 0 Å². The van der Waals surface area contributed by atoms with Gasteiger partial charge in [-0.05, 0) is 28.7 Å². The van der Waals surface area contributed by atoms with Crippen LogP contribution in [0.1, 0.15) is 42.6 Å². The molecule has 0 saturated carbocycles. The maximum Gasteiger partial charge on any atom is 0.133 e. The van der Waals surface area contributed by atoms with Crippen LogP contribution in [0.15, 0.2) is 48.5 Å². The average molecular weight is 268 g/mol. The van der Waals surface area contributed by atoms with Gasteiger partial charge in [-0.1, -0.05) is 56.3 Å². The van der Waals surface area contributed by atoms with Crippen LogP contribution in [-0.4, -0.2) is 11.2 Å². The van der Waals surface area contributed by atoms with E-state index in [0.29, 0.717) is 5.92 Å². The van der Waals surface area contributed by atoms with Crippen molar-refractivity contribution in [3.8, 4) is 5.75 Å². The first kappa shape index (κ1) is 13.2. The van der Waals surface area contributed by atoms with Crippen LogP contribution in [0.2, 0.25) is 0 Å². The maximum absolute atomic E-state index is 10.5. The number of hydrogen-bond donors (Lipinski definition) is 1. The van der Waals surface area contributed by atoms with Crippen molar-refractivity contribution in [1.82, 2.24) is 0 Å². The third kappa shape index (κ3) is 2.44. The summed E-state index contributed by atoms with van der Waals surface area (Å²) in [5.41, 5.74) is 3.39. The Bertz CT molecular complexity index is 562. The van der Waals surface area contributed by atoms with Crippen LogP contribution < -0.4 is 4.74 Å². The Morgan fingerprint density at radius 3 is 2.30 bits per heavy atom. The molecule has 0 aromatic heterocycles. The monoisotopic (exact) mass is 268 g/mol. The van der Waals surface area contributed by atoms with Gasteiger partial charge in [-0.15, -0.1) is 0 Å². The largest absolute Gasteiger partial charge is 0.487 e.